The minimum Gasteiger partial charge on any atom is -0.350 e. The third kappa shape index (κ3) is 3.25. The van der Waals surface area contributed by atoms with Crippen LogP contribution in [0.2, 0.25) is 0 Å². The highest BCUT2D eigenvalue weighted by Gasteiger charge is 2.40. The molecule has 4 nitrogen and oxygen atoms in total. The van der Waals surface area contributed by atoms with Gasteiger partial charge in [-0.1, -0.05) is 29.8 Å². The molecule has 1 aliphatic rings. The third-order valence-electron chi connectivity index (χ3n) is 4.63. The van der Waals surface area contributed by atoms with Crippen LogP contribution in [0.25, 0.3) is 5.57 Å². The number of hydrogen-bond acceptors (Lipinski definition) is 4. The van der Waals surface area contributed by atoms with E-state index in [1.54, 1.807) is 12.1 Å². The molecule has 0 saturated heterocycles. The molecule has 0 spiro atoms. The van der Waals surface area contributed by atoms with Crippen LogP contribution in [-0.4, -0.2) is 11.8 Å². The van der Waals surface area contributed by atoms with Gasteiger partial charge in [0.15, 0.2) is 0 Å². The van der Waals surface area contributed by atoms with Gasteiger partial charge in [-0.3, -0.25) is 9.59 Å². The molecular formula is C23H20N2O2S. The predicted molar refractivity (Wildman–Crippen MR) is 114 cm³/mol. The highest BCUT2D eigenvalue weighted by atomic mass is 32.1. The van der Waals surface area contributed by atoms with Crippen molar-refractivity contribution < 1.29 is 9.59 Å². The molecule has 1 N–H and O–H groups in total. The minimum atomic E-state index is -0.337. The Bertz CT molecular complexity index is 1080. The van der Waals surface area contributed by atoms with Gasteiger partial charge in [0, 0.05) is 10.6 Å². The first kappa shape index (κ1) is 18.2. The molecule has 0 radical (unpaired) electrons. The van der Waals surface area contributed by atoms with Gasteiger partial charge in [-0.25, -0.2) is 4.90 Å². The number of benzene rings is 2. The summed E-state index contributed by atoms with van der Waals surface area (Å²) in [7, 11) is 0. The topological polar surface area (TPSA) is 49.4 Å². The molecule has 28 heavy (non-hydrogen) atoms. The number of thiophene rings is 1. The third-order valence-corrected chi connectivity index (χ3v) is 5.52. The summed E-state index contributed by atoms with van der Waals surface area (Å²) >= 11 is 1.45. The van der Waals surface area contributed by atoms with E-state index in [1.807, 2.05) is 62.5 Å². The first-order valence-electron chi connectivity index (χ1n) is 9.03. The molecule has 2 aromatic carbocycles. The Labute approximate surface area is 168 Å². The summed E-state index contributed by atoms with van der Waals surface area (Å²) in [6.07, 6.45) is 0. The van der Waals surface area contributed by atoms with Gasteiger partial charge < -0.3 is 5.32 Å². The fourth-order valence-corrected chi connectivity index (χ4v) is 4.18. The molecule has 1 aliphatic heterocycles. The average molecular weight is 388 g/mol. The van der Waals surface area contributed by atoms with E-state index in [2.05, 4.69) is 11.4 Å². The Morgan fingerprint density at radius 1 is 0.821 bits per heavy atom. The van der Waals surface area contributed by atoms with E-state index in [0.717, 1.165) is 27.3 Å². The maximum atomic E-state index is 13.3. The first-order valence-corrected chi connectivity index (χ1v) is 9.91. The number of amides is 2. The van der Waals surface area contributed by atoms with Crippen molar-refractivity contribution in [1.29, 1.82) is 0 Å². The number of rotatable bonds is 4. The molecule has 140 valence electrons. The van der Waals surface area contributed by atoms with Crippen molar-refractivity contribution in [3.8, 4) is 0 Å². The minimum absolute atomic E-state index is 0.303. The van der Waals surface area contributed by atoms with Crippen LogP contribution in [0, 0.1) is 20.8 Å². The molecule has 0 bridgehead atoms. The molecule has 2 amide bonds. The van der Waals surface area contributed by atoms with Crippen LogP contribution in [0.4, 0.5) is 11.4 Å². The fraction of sp³-hybridized carbons (Fsp3) is 0.130. The Kier molecular flexibility index (Phi) is 4.61. The van der Waals surface area contributed by atoms with Crippen LogP contribution < -0.4 is 10.2 Å². The maximum Gasteiger partial charge on any atom is 0.282 e. The lowest BCUT2D eigenvalue weighted by Gasteiger charge is -2.15. The van der Waals surface area contributed by atoms with E-state index >= 15 is 0 Å². The van der Waals surface area contributed by atoms with Crippen molar-refractivity contribution >= 4 is 40.1 Å². The highest BCUT2D eigenvalue weighted by Crippen LogP contribution is 2.35. The molecule has 0 unspecified atom stereocenters. The van der Waals surface area contributed by atoms with Gasteiger partial charge in [0.1, 0.15) is 5.70 Å². The molecule has 0 saturated carbocycles. The van der Waals surface area contributed by atoms with E-state index in [0.29, 0.717) is 17.0 Å². The van der Waals surface area contributed by atoms with Crippen LogP contribution in [0.3, 0.4) is 0 Å². The van der Waals surface area contributed by atoms with Crippen molar-refractivity contribution in [2.24, 2.45) is 0 Å². The Morgan fingerprint density at radius 3 is 2.11 bits per heavy atom. The Morgan fingerprint density at radius 2 is 1.50 bits per heavy atom. The molecule has 1 aromatic heterocycles. The molecule has 0 aliphatic carbocycles. The number of carbonyl (C=O) groups excluding carboxylic acids is 2. The van der Waals surface area contributed by atoms with Gasteiger partial charge in [-0.05, 0) is 67.6 Å². The Balaban J connectivity index is 1.80. The number of nitrogens with zero attached hydrogens (tertiary/aromatic N) is 1. The van der Waals surface area contributed by atoms with Crippen LogP contribution >= 0.6 is 11.3 Å². The summed E-state index contributed by atoms with van der Waals surface area (Å²) in [5.41, 5.74) is 5.36. The molecule has 5 heteroatoms. The van der Waals surface area contributed by atoms with Crippen molar-refractivity contribution in [2.75, 3.05) is 10.2 Å². The number of anilines is 2. The van der Waals surface area contributed by atoms with Crippen molar-refractivity contribution in [1.82, 2.24) is 0 Å². The van der Waals surface area contributed by atoms with Crippen molar-refractivity contribution in [3.05, 3.63) is 87.2 Å². The Hall–Kier alpha value is -3.18. The first-order chi connectivity index (χ1) is 13.4. The summed E-state index contributed by atoms with van der Waals surface area (Å²) < 4.78 is 0. The van der Waals surface area contributed by atoms with E-state index in [4.69, 9.17) is 0 Å². The fourth-order valence-electron chi connectivity index (χ4n) is 3.41. The van der Waals surface area contributed by atoms with E-state index in [1.165, 1.54) is 16.2 Å². The van der Waals surface area contributed by atoms with Gasteiger partial charge in [0.25, 0.3) is 11.8 Å². The lowest BCUT2D eigenvalue weighted by atomic mass is 10.1. The van der Waals surface area contributed by atoms with Crippen LogP contribution in [0.1, 0.15) is 21.6 Å². The number of carbonyl (C=O) groups is 2. The van der Waals surface area contributed by atoms with Crippen molar-refractivity contribution in [3.63, 3.8) is 0 Å². The van der Waals surface area contributed by atoms with E-state index in [9.17, 15) is 9.59 Å². The van der Waals surface area contributed by atoms with Gasteiger partial charge in [0.2, 0.25) is 0 Å². The number of nitrogens with one attached hydrogen (secondary N) is 1. The van der Waals surface area contributed by atoms with Crippen LogP contribution in [-0.2, 0) is 9.59 Å². The highest BCUT2D eigenvalue weighted by molar-refractivity contribution is 7.11. The normalized spacial score (nSPS) is 14.2. The zero-order valence-corrected chi connectivity index (χ0v) is 16.8. The maximum absolute atomic E-state index is 13.3. The monoisotopic (exact) mass is 388 g/mol. The molecule has 2 heterocycles. The molecule has 0 fully saturated rings. The van der Waals surface area contributed by atoms with Gasteiger partial charge in [-0.15, -0.1) is 11.3 Å². The van der Waals surface area contributed by atoms with Crippen LogP contribution in [0.15, 0.2) is 65.7 Å². The van der Waals surface area contributed by atoms with Gasteiger partial charge >= 0.3 is 0 Å². The SMILES string of the molecule is Cc1ccc(N2C(=O)C(Nc3cc(C)cc(C)c3)=C(c3cccs3)C2=O)cc1. The smallest absolute Gasteiger partial charge is 0.282 e. The largest absolute Gasteiger partial charge is 0.350 e. The number of hydrogen-bond donors (Lipinski definition) is 1. The summed E-state index contributed by atoms with van der Waals surface area (Å²) in [6, 6.07) is 17.2. The zero-order chi connectivity index (χ0) is 19.8. The number of imide groups is 1. The van der Waals surface area contributed by atoms with Crippen molar-refractivity contribution in [2.45, 2.75) is 20.8 Å². The summed E-state index contributed by atoms with van der Waals surface area (Å²) in [6.45, 7) is 5.99. The average Bonchev–Trinajstić information content (AvgIpc) is 3.23. The molecule has 0 atom stereocenters. The number of aryl methyl sites for hydroxylation is 3. The summed E-state index contributed by atoms with van der Waals surface area (Å²) in [4.78, 5) is 28.5. The lowest BCUT2D eigenvalue weighted by molar-refractivity contribution is -0.120. The molecule has 4 rings (SSSR count). The standard InChI is InChI=1S/C23H20N2O2S/c1-14-6-8-18(9-7-14)25-22(26)20(19-5-4-10-28-19)21(23(25)27)24-17-12-15(2)11-16(3)13-17/h4-13,24H,1-3H3. The van der Waals surface area contributed by atoms with Gasteiger partial charge in [-0.2, -0.15) is 0 Å². The van der Waals surface area contributed by atoms with E-state index in [-0.39, 0.29) is 11.8 Å². The summed E-state index contributed by atoms with van der Waals surface area (Å²) in [5, 5.41) is 5.13. The molecule has 3 aromatic rings. The van der Waals surface area contributed by atoms with E-state index < -0.39 is 0 Å². The second-order valence-electron chi connectivity index (χ2n) is 7.01. The second kappa shape index (κ2) is 7.09. The van der Waals surface area contributed by atoms with Crippen LogP contribution in [0.5, 0.6) is 0 Å². The zero-order valence-electron chi connectivity index (χ0n) is 15.9. The lowest BCUT2D eigenvalue weighted by Crippen LogP contribution is -2.32. The quantitative estimate of drug-likeness (QED) is 0.635. The van der Waals surface area contributed by atoms with Gasteiger partial charge in [0.05, 0.1) is 11.3 Å². The molecular weight excluding hydrogens is 368 g/mol. The second-order valence-corrected chi connectivity index (χ2v) is 7.96. The summed E-state index contributed by atoms with van der Waals surface area (Å²) in [5.74, 6) is -0.639. The predicted octanol–water partition coefficient (Wildman–Crippen LogP) is 5.07.